The maximum atomic E-state index is 5.60. The Hall–Kier alpha value is -0.860. The van der Waals surface area contributed by atoms with Gasteiger partial charge in [-0.05, 0) is 36.9 Å². The molecular weight excluding hydrogens is 196 g/mol. The van der Waals surface area contributed by atoms with Crippen LogP contribution in [0.4, 0.5) is 0 Å². The van der Waals surface area contributed by atoms with Crippen molar-refractivity contribution in [2.75, 3.05) is 6.54 Å². The van der Waals surface area contributed by atoms with Crippen LogP contribution in [0.5, 0.6) is 0 Å². The fourth-order valence-electron chi connectivity index (χ4n) is 2.13. The van der Waals surface area contributed by atoms with Crippen LogP contribution in [0.3, 0.4) is 0 Å². The van der Waals surface area contributed by atoms with Gasteiger partial charge in [-0.15, -0.1) is 0 Å². The van der Waals surface area contributed by atoms with Crippen molar-refractivity contribution in [3.8, 4) is 0 Å². The summed E-state index contributed by atoms with van der Waals surface area (Å²) in [6, 6.07) is 9.58. The zero-order valence-corrected chi connectivity index (χ0v) is 10.2. The van der Waals surface area contributed by atoms with E-state index in [1.54, 1.807) is 0 Å². The summed E-state index contributed by atoms with van der Waals surface area (Å²) < 4.78 is 0. The molecule has 1 aliphatic carbocycles. The lowest BCUT2D eigenvalue weighted by Gasteiger charge is -2.21. The molecule has 0 aromatic heterocycles. The highest BCUT2D eigenvalue weighted by Gasteiger charge is 2.27. The topological polar surface area (TPSA) is 29.3 Å². The molecule has 1 fully saturated rings. The zero-order chi connectivity index (χ0) is 11.4. The first-order valence-electron chi connectivity index (χ1n) is 6.35. The number of rotatable bonds is 6. The van der Waals surface area contributed by atoms with E-state index in [2.05, 4.69) is 36.1 Å². The first kappa shape index (κ1) is 11.6. The van der Waals surface area contributed by atoms with Gasteiger partial charge in [0.15, 0.2) is 0 Å². The standard InChI is InChI=1S/C14H22N2/c1-2-9-16(14-7-8-14)11-13-5-3-12(10-15)4-6-13/h3-6,14H,2,7-11,15H2,1H3. The summed E-state index contributed by atoms with van der Waals surface area (Å²) in [5.41, 5.74) is 8.23. The molecule has 0 atom stereocenters. The van der Waals surface area contributed by atoms with Gasteiger partial charge in [-0.2, -0.15) is 0 Å². The van der Waals surface area contributed by atoms with Gasteiger partial charge < -0.3 is 5.73 Å². The molecule has 88 valence electrons. The maximum Gasteiger partial charge on any atom is 0.0236 e. The van der Waals surface area contributed by atoms with E-state index in [-0.39, 0.29) is 0 Å². The second-order valence-corrected chi connectivity index (χ2v) is 4.72. The molecule has 1 saturated carbocycles. The number of hydrogen-bond acceptors (Lipinski definition) is 2. The second kappa shape index (κ2) is 5.46. The van der Waals surface area contributed by atoms with Crippen molar-refractivity contribution in [2.45, 2.75) is 45.3 Å². The van der Waals surface area contributed by atoms with Gasteiger partial charge in [-0.25, -0.2) is 0 Å². The molecule has 0 saturated heterocycles. The fourth-order valence-corrected chi connectivity index (χ4v) is 2.13. The lowest BCUT2D eigenvalue weighted by atomic mass is 10.1. The molecule has 2 nitrogen and oxygen atoms in total. The van der Waals surface area contributed by atoms with Crippen molar-refractivity contribution in [2.24, 2.45) is 5.73 Å². The Morgan fingerprint density at radius 1 is 1.19 bits per heavy atom. The van der Waals surface area contributed by atoms with Crippen LogP contribution in [0.25, 0.3) is 0 Å². The number of nitrogens with two attached hydrogens (primary N) is 1. The summed E-state index contributed by atoms with van der Waals surface area (Å²) in [5, 5.41) is 0. The number of benzene rings is 1. The molecule has 0 amide bonds. The van der Waals surface area contributed by atoms with E-state index in [1.807, 2.05) is 0 Å². The molecule has 0 heterocycles. The van der Waals surface area contributed by atoms with Gasteiger partial charge in [0.05, 0.1) is 0 Å². The maximum absolute atomic E-state index is 5.60. The lowest BCUT2D eigenvalue weighted by Crippen LogP contribution is -2.26. The van der Waals surface area contributed by atoms with Gasteiger partial charge in [-0.1, -0.05) is 31.2 Å². The average Bonchev–Trinajstić information content (AvgIpc) is 3.13. The highest BCUT2D eigenvalue weighted by atomic mass is 15.2. The third-order valence-corrected chi connectivity index (χ3v) is 3.22. The monoisotopic (exact) mass is 218 g/mol. The molecule has 2 N–H and O–H groups in total. The van der Waals surface area contributed by atoms with Crippen molar-refractivity contribution < 1.29 is 0 Å². The van der Waals surface area contributed by atoms with Crippen molar-refractivity contribution in [3.63, 3.8) is 0 Å². The third-order valence-electron chi connectivity index (χ3n) is 3.22. The van der Waals surface area contributed by atoms with Crippen molar-refractivity contribution in [1.82, 2.24) is 4.90 Å². The van der Waals surface area contributed by atoms with Gasteiger partial charge in [0, 0.05) is 19.1 Å². The van der Waals surface area contributed by atoms with Crippen molar-refractivity contribution in [3.05, 3.63) is 35.4 Å². The van der Waals surface area contributed by atoms with Crippen LogP contribution in [0.15, 0.2) is 24.3 Å². The highest BCUT2D eigenvalue weighted by molar-refractivity contribution is 5.22. The summed E-state index contributed by atoms with van der Waals surface area (Å²) in [4.78, 5) is 2.61. The second-order valence-electron chi connectivity index (χ2n) is 4.72. The molecule has 0 spiro atoms. The number of nitrogens with zero attached hydrogens (tertiary/aromatic N) is 1. The van der Waals surface area contributed by atoms with Crippen LogP contribution in [0, 0.1) is 0 Å². The van der Waals surface area contributed by atoms with E-state index in [0.29, 0.717) is 6.54 Å². The molecule has 0 radical (unpaired) electrons. The summed E-state index contributed by atoms with van der Waals surface area (Å²) >= 11 is 0. The zero-order valence-electron chi connectivity index (χ0n) is 10.2. The summed E-state index contributed by atoms with van der Waals surface area (Å²) in [5.74, 6) is 0. The Balaban J connectivity index is 1.94. The SMILES string of the molecule is CCCN(Cc1ccc(CN)cc1)C1CC1. The van der Waals surface area contributed by atoms with Crippen molar-refractivity contribution in [1.29, 1.82) is 0 Å². The minimum Gasteiger partial charge on any atom is -0.326 e. The molecule has 1 aliphatic rings. The quantitative estimate of drug-likeness (QED) is 0.795. The smallest absolute Gasteiger partial charge is 0.0236 e. The van der Waals surface area contributed by atoms with Gasteiger partial charge in [0.1, 0.15) is 0 Å². The highest BCUT2D eigenvalue weighted by Crippen LogP contribution is 2.28. The summed E-state index contributed by atoms with van der Waals surface area (Å²) in [7, 11) is 0. The molecular formula is C14H22N2. The molecule has 1 aromatic rings. The van der Waals surface area contributed by atoms with Gasteiger partial charge in [0.2, 0.25) is 0 Å². The first-order valence-corrected chi connectivity index (χ1v) is 6.35. The van der Waals surface area contributed by atoms with Crippen LogP contribution >= 0.6 is 0 Å². The molecule has 1 aromatic carbocycles. The van der Waals surface area contributed by atoms with E-state index in [4.69, 9.17) is 5.73 Å². The van der Waals surface area contributed by atoms with Gasteiger partial charge in [0.25, 0.3) is 0 Å². The average molecular weight is 218 g/mol. The van der Waals surface area contributed by atoms with E-state index in [9.17, 15) is 0 Å². The minimum absolute atomic E-state index is 0.640. The first-order chi connectivity index (χ1) is 7.83. The molecule has 2 rings (SSSR count). The molecule has 0 bridgehead atoms. The van der Waals surface area contributed by atoms with E-state index >= 15 is 0 Å². The molecule has 2 heteroatoms. The van der Waals surface area contributed by atoms with E-state index in [1.165, 1.54) is 36.9 Å². The number of hydrogen-bond donors (Lipinski definition) is 1. The van der Waals surface area contributed by atoms with Crippen LogP contribution in [-0.2, 0) is 13.1 Å². The van der Waals surface area contributed by atoms with E-state index < -0.39 is 0 Å². The van der Waals surface area contributed by atoms with Crippen LogP contribution in [0.2, 0.25) is 0 Å². The Bertz CT molecular complexity index is 314. The Labute approximate surface area is 98.4 Å². The van der Waals surface area contributed by atoms with Gasteiger partial charge in [-0.3, -0.25) is 4.90 Å². The third kappa shape index (κ3) is 3.06. The lowest BCUT2D eigenvalue weighted by molar-refractivity contribution is 0.255. The predicted octanol–water partition coefficient (Wildman–Crippen LogP) is 2.52. The van der Waals surface area contributed by atoms with E-state index in [0.717, 1.165) is 12.6 Å². The van der Waals surface area contributed by atoms with Crippen LogP contribution in [0.1, 0.15) is 37.3 Å². The minimum atomic E-state index is 0.640. The van der Waals surface area contributed by atoms with Crippen LogP contribution < -0.4 is 5.73 Å². The van der Waals surface area contributed by atoms with Crippen molar-refractivity contribution >= 4 is 0 Å². The predicted molar refractivity (Wildman–Crippen MR) is 68.1 cm³/mol. The Morgan fingerprint density at radius 2 is 1.81 bits per heavy atom. The van der Waals surface area contributed by atoms with Crippen LogP contribution in [-0.4, -0.2) is 17.5 Å². The van der Waals surface area contributed by atoms with Gasteiger partial charge >= 0.3 is 0 Å². The summed E-state index contributed by atoms with van der Waals surface area (Å²) in [6.45, 7) is 5.22. The molecule has 16 heavy (non-hydrogen) atoms. The fraction of sp³-hybridized carbons (Fsp3) is 0.571. The molecule has 0 aliphatic heterocycles. The Morgan fingerprint density at radius 3 is 2.31 bits per heavy atom. The Kier molecular flexibility index (Phi) is 3.97. The summed E-state index contributed by atoms with van der Waals surface area (Å²) in [6.07, 6.45) is 4.03. The largest absolute Gasteiger partial charge is 0.326 e. The molecule has 0 unspecified atom stereocenters. The normalized spacial score (nSPS) is 15.7.